The fourth-order valence-electron chi connectivity index (χ4n) is 2.74. The average Bonchev–Trinajstić information content (AvgIpc) is 2.60. The van der Waals surface area contributed by atoms with Gasteiger partial charge in [0, 0.05) is 16.8 Å². The molecule has 0 bridgehead atoms. The number of hydrogen-bond acceptors (Lipinski definition) is 3. The molecule has 3 aromatic rings. The monoisotopic (exact) mass is 382 g/mol. The first-order valence-corrected chi connectivity index (χ1v) is 10.1. The Hall–Kier alpha value is -2.70. The standard InChI is InChI=1S/C21H22N2O3S/c1-21(2,3)23-27(25,26)19-10-6-9-17(14-19)20(24)22-18-12-11-15-7-4-5-8-16(15)13-18/h4-14,23H,1-3H3,(H,22,24). The van der Waals surface area contributed by atoms with Crippen LogP contribution >= 0.6 is 0 Å². The molecule has 0 spiro atoms. The molecule has 2 N–H and O–H groups in total. The zero-order chi connectivity index (χ0) is 19.7. The highest BCUT2D eigenvalue weighted by molar-refractivity contribution is 7.89. The van der Waals surface area contributed by atoms with E-state index < -0.39 is 15.6 Å². The third-order valence-electron chi connectivity index (χ3n) is 3.85. The van der Waals surface area contributed by atoms with Crippen molar-refractivity contribution in [3.05, 3.63) is 72.3 Å². The van der Waals surface area contributed by atoms with Gasteiger partial charge in [-0.15, -0.1) is 0 Å². The molecule has 0 radical (unpaired) electrons. The maximum atomic E-state index is 12.6. The Bertz CT molecular complexity index is 1100. The van der Waals surface area contributed by atoms with Gasteiger partial charge in [0.05, 0.1) is 4.90 Å². The average molecular weight is 382 g/mol. The highest BCUT2D eigenvalue weighted by Gasteiger charge is 2.22. The van der Waals surface area contributed by atoms with Crippen LogP contribution in [0.3, 0.4) is 0 Å². The molecule has 0 aliphatic heterocycles. The Labute approximate surface area is 159 Å². The first-order chi connectivity index (χ1) is 12.6. The molecule has 0 saturated carbocycles. The summed E-state index contributed by atoms with van der Waals surface area (Å²) in [4.78, 5) is 12.6. The SMILES string of the molecule is CC(C)(C)NS(=O)(=O)c1cccc(C(=O)Nc2ccc3ccccc3c2)c1. The lowest BCUT2D eigenvalue weighted by atomic mass is 10.1. The molecule has 0 aromatic heterocycles. The largest absolute Gasteiger partial charge is 0.322 e. The van der Waals surface area contributed by atoms with Crippen molar-refractivity contribution < 1.29 is 13.2 Å². The fourth-order valence-corrected chi connectivity index (χ4v) is 4.20. The number of fused-ring (bicyclic) bond motifs is 1. The van der Waals surface area contributed by atoms with Crippen molar-refractivity contribution in [2.75, 3.05) is 5.32 Å². The van der Waals surface area contributed by atoms with E-state index in [1.165, 1.54) is 12.1 Å². The number of benzene rings is 3. The summed E-state index contributed by atoms with van der Waals surface area (Å²) in [5.41, 5.74) is 0.321. The van der Waals surface area contributed by atoms with Crippen molar-refractivity contribution in [3.8, 4) is 0 Å². The van der Waals surface area contributed by atoms with Crippen LogP contribution in [0.2, 0.25) is 0 Å². The molecule has 3 aromatic carbocycles. The number of rotatable bonds is 4. The quantitative estimate of drug-likeness (QED) is 0.711. The van der Waals surface area contributed by atoms with Gasteiger partial charge >= 0.3 is 0 Å². The minimum Gasteiger partial charge on any atom is -0.322 e. The van der Waals surface area contributed by atoms with Crippen LogP contribution in [0.4, 0.5) is 5.69 Å². The van der Waals surface area contributed by atoms with E-state index in [4.69, 9.17) is 0 Å². The topological polar surface area (TPSA) is 75.3 Å². The molecule has 0 saturated heterocycles. The lowest BCUT2D eigenvalue weighted by molar-refractivity contribution is 0.102. The van der Waals surface area contributed by atoms with Crippen LogP contribution in [0.15, 0.2) is 71.6 Å². The van der Waals surface area contributed by atoms with Gasteiger partial charge in [-0.3, -0.25) is 4.79 Å². The van der Waals surface area contributed by atoms with E-state index in [1.54, 1.807) is 32.9 Å². The van der Waals surface area contributed by atoms with Crippen LogP contribution in [0.5, 0.6) is 0 Å². The Kier molecular flexibility index (Phi) is 5.04. The number of carbonyl (C=O) groups excluding carboxylic acids is 1. The molecule has 0 heterocycles. The second-order valence-electron chi connectivity index (χ2n) is 7.40. The fraction of sp³-hybridized carbons (Fsp3) is 0.190. The van der Waals surface area contributed by atoms with Gasteiger partial charge in [-0.25, -0.2) is 13.1 Å². The maximum absolute atomic E-state index is 12.6. The van der Waals surface area contributed by atoms with E-state index in [1.807, 2.05) is 42.5 Å². The normalized spacial score (nSPS) is 12.1. The van der Waals surface area contributed by atoms with E-state index in [0.717, 1.165) is 10.8 Å². The van der Waals surface area contributed by atoms with E-state index in [9.17, 15) is 13.2 Å². The van der Waals surface area contributed by atoms with Crippen molar-refractivity contribution in [2.24, 2.45) is 0 Å². The third-order valence-corrected chi connectivity index (χ3v) is 5.61. The van der Waals surface area contributed by atoms with Gasteiger partial charge in [0.1, 0.15) is 0 Å². The van der Waals surface area contributed by atoms with Gasteiger partial charge in [-0.05, 0) is 61.9 Å². The molecule has 140 valence electrons. The highest BCUT2D eigenvalue weighted by Crippen LogP contribution is 2.20. The molecule has 0 fully saturated rings. The molecule has 3 rings (SSSR count). The number of carbonyl (C=O) groups is 1. The zero-order valence-electron chi connectivity index (χ0n) is 15.5. The molecular weight excluding hydrogens is 360 g/mol. The summed E-state index contributed by atoms with van der Waals surface area (Å²) in [7, 11) is -3.71. The Balaban J connectivity index is 1.84. The summed E-state index contributed by atoms with van der Waals surface area (Å²) in [6.07, 6.45) is 0. The first kappa shape index (κ1) is 19.1. The number of nitrogens with one attached hydrogen (secondary N) is 2. The highest BCUT2D eigenvalue weighted by atomic mass is 32.2. The molecule has 0 aliphatic carbocycles. The van der Waals surface area contributed by atoms with Gasteiger partial charge in [-0.1, -0.05) is 36.4 Å². The van der Waals surface area contributed by atoms with Crippen molar-refractivity contribution >= 4 is 32.4 Å². The summed E-state index contributed by atoms with van der Waals surface area (Å²) >= 11 is 0. The Morgan fingerprint density at radius 3 is 2.26 bits per heavy atom. The zero-order valence-corrected chi connectivity index (χ0v) is 16.3. The van der Waals surface area contributed by atoms with Crippen LogP contribution in [-0.2, 0) is 10.0 Å². The molecular formula is C21H22N2O3S. The summed E-state index contributed by atoms with van der Waals surface area (Å²) in [6.45, 7) is 5.29. The van der Waals surface area contributed by atoms with Gasteiger partial charge in [0.25, 0.3) is 5.91 Å². The summed E-state index contributed by atoms with van der Waals surface area (Å²) in [6, 6.07) is 19.5. The van der Waals surface area contributed by atoms with E-state index in [-0.39, 0.29) is 16.4 Å². The second kappa shape index (κ2) is 7.13. The lowest BCUT2D eigenvalue weighted by Gasteiger charge is -2.20. The molecule has 0 unspecified atom stereocenters. The lowest BCUT2D eigenvalue weighted by Crippen LogP contribution is -2.40. The summed E-state index contributed by atoms with van der Waals surface area (Å²) in [5, 5.41) is 4.92. The molecule has 5 nitrogen and oxygen atoms in total. The molecule has 0 aliphatic rings. The minimum absolute atomic E-state index is 0.0589. The first-order valence-electron chi connectivity index (χ1n) is 8.58. The van der Waals surface area contributed by atoms with Gasteiger partial charge in [0.2, 0.25) is 10.0 Å². The molecule has 6 heteroatoms. The van der Waals surface area contributed by atoms with Crippen LogP contribution in [0, 0.1) is 0 Å². The van der Waals surface area contributed by atoms with E-state index in [0.29, 0.717) is 5.69 Å². The third kappa shape index (κ3) is 4.72. The molecule has 1 amide bonds. The van der Waals surface area contributed by atoms with Crippen molar-refractivity contribution in [3.63, 3.8) is 0 Å². The Morgan fingerprint density at radius 1 is 0.852 bits per heavy atom. The number of sulfonamides is 1. The van der Waals surface area contributed by atoms with Gasteiger partial charge in [-0.2, -0.15) is 0 Å². The number of hydrogen-bond donors (Lipinski definition) is 2. The predicted molar refractivity (Wildman–Crippen MR) is 108 cm³/mol. The number of amides is 1. The number of anilines is 1. The van der Waals surface area contributed by atoms with Crippen LogP contribution in [0.1, 0.15) is 31.1 Å². The van der Waals surface area contributed by atoms with Gasteiger partial charge in [0.15, 0.2) is 0 Å². The van der Waals surface area contributed by atoms with Crippen molar-refractivity contribution in [2.45, 2.75) is 31.2 Å². The van der Waals surface area contributed by atoms with Crippen molar-refractivity contribution in [1.82, 2.24) is 4.72 Å². The van der Waals surface area contributed by atoms with Gasteiger partial charge < -0.3 is 5.32 Å². The predicted octanol–water partition coefficient (Wildman–Crippen LogP) is 4.17. The summed E-state index contributed by atoms with van der Waals surface area (Å²) < 4.78 is 27.6. The van der Waals surface area contributed by atoms with Crippen LogP contribution in [-0.4, -0.2) is 19.9 Å². The molecule has 27 heavy (non-hydrogen) atoms. The minimum atomic E-state index is -3.71. The second-order valence-corrected chi connectivity index (χ2v) is 9.08. The van der Waals surface area contributed by atoms with Crippen LogP contribution < -0.4 is 10.0 Å². The Morgan fingerprint density at radius 2 is 1.56 bits per heavy atom. The smallest absolute Gasteiger partial charge is 0.255 e. The maximum Gasteiger partial charge on any atom is 0.255 e. The van der Waals surface area contributed by atoms with Crippen molar-refractivity contribution in [1.29, 1.82) is 0 Å². The van der Waals surface area contributed by atoms with E-state index in [2.05, 4.69) is 10.0 Å². The summed E-state index contributed by atoms with van der Waals surface area (Å²) in [5.74, 6) is -0.363. The molecule has 0 atom stereocenters. The van der Waals surface area contributed by atoms with Crippen LogP contribution in [0.25, 0.3) is 10.8 Å². The van der Waals surface area contributed by atoms with E-state index >= 15 is 0 Å².